The molecular weight excluding hydrogens is 300 g/mol. The number of aryl methyl sites for hydroxylation is 1. The van der Waals surface area contributed by atoms with Gasteiger partial charge in [0.05, 0.1) is 11.0 Å². The summed E-state index contributed by atoms with van der Waals surface area (Å²) < 4.78 is 0. The van der Waals surface area contributed by atoms with E-state index in [0.29, 0.717) is 11.6 Å². The van der Waals surface area contributed by atoms with Crippen molar-refractivity contribution in [3.63, 3.8) is 0 Å². The number of anilines is 1. The normalized spacial score (nSPS) is 11.1. The van der Waals surface area contributed by atoms with Crippen LogP contribution in [0.1, 0.15) is 5.82 Å². The summed E-state index contributed by atoms with van der Waals surface area (Å²) in [4.78, 5) is 6.92. The van der Waals surface area contributed by atoms with Crippen LogP contribution in [0.5, 0.6) is 0 Å². The van der Waals surface area contributed by atoms with E-state index in [4.69, 9.17) is 4.98 Å². The number of nitrogens with zero attached hydrogens (tertiary/aromatic N) is 6. The molecule has 2 aromatic heterocycles. The second kappa shape index (κ2) is 5.49. The number of hydrogen-bond acceptors (Lipinski definition) is 6. The summed E-state index contributed by atoms with van der Waals surface area (Å²) >= 11 is 0. The Bertz CT molecular complexity index is 1040. The lowest BCUT2D eigenvalue weighted by atomic mass is 10.1. The van der Waals surface area contributed by atoms with Crippen molar-refractivity contribution in [2.24, 2.45) is 0 Å². The van der Waals surface area contributed by atoms with Gasteiger partial charge in [0.2, 0.25) is 5.82 Å². The Morgan fingerprint density at radius 3 is 2.38 bits per heavy atom. The van der Waals surface area contributed by atoms with Gasteiger partial charge in [-0.25, -0.2) is 4.98 Å². The largest absolute Gasteiger partial charge is 0.378 e. The molecule has 0 N–H and O–H groups in total. The smallest absolute Gasteiger partial charge is 0.205 e. The van der Waals surface area contributed by atoms with Crippen molar-refractivity contribution in [1.29, 1.82) is 0 Å². The van der Waals surface area contributed by atoms with E-state index in [2.05, 4.69) is 49.6 Å². The second-order valence-electron chi connectivity index (χ2n) is 5.91. The van der Waals surface area contributed by atoms with Crippen LogP contribution in [0.3, 0.4) is 0 Å². The summed E-state index contributed by atoms with van der Waals surface area (Å²) in [5, 5.41) is 18.5. The minimum atomic E-state index is 0.488. The van der Waals surface area contributed by atoms with Gasteiger partial charge in [0.1, 0.15) is 0 Å². The van der Waals surface area contributed by atoms with Crippen LogP contribution in [0.15, 0.2) is 42.5 Å². The monoisotopic (exact) mass is 316 g/mol. The zero-order valence-electron chi connectivity index (χ0n) is 13.7. The molecule has 0 atom stereocenters. The standard InChI is InChI=1S/C18H16N6/c1-11-20-22-18(23-21-11)15-6-4-5-13-9-12-7-8-14(24(2)3)10-16(12)19-17(13)15/h4-10H,1-3H3. The average molecular weight is 316 g/mol. The molecule has 2 heterocycles. The molecule has 0 saturated carbocycles. The molecule has 0 amide bonds. The molecular formula is C18H16N6. The predicted molar refractivity (Wildman–Crippen MR) is 94.9 cm³/mol. The Hall–Kier alpha value is -3.15. The van der Waals surface area contributed by atoms with Gasteiger partial charge in [-0.3, -0.25) is 0 Å². The van der Waals surface area contributed by atoms with Crippen LogP contribution in [0, 0.1) is 6.92 Å². The number of pyridine rings is 1. The highest BCUT2D eigenvalue weighted by Gasteiger charge is 2.11. The highest BCUT2D eigenvalue weighted by Crippen LogP contribution is 2.28. The van der Waals surface area contributed by atoms with E-state index in [0.717, 1.165) is 33.1 Å². The maximum Gasteiger partial charge on any atom is 0.205 e. The number of fused-ring (bicyclic) bond motifs is 2. The van der Waals surface area contributed by atoms with Gasteiger partial charge in [0.15, 0.2) is 5.82 Å². The lowest BCUT2D eigenvalue weighted by molar-refractivity contribution is 0.817. The van der Waals surface area contributed by atoms with Gasteiger partial charge in [-0.05, 0) is 31.2 Å². The minimum Gasteiger partial charge on any atom is -0.378 e. The summed E-state index contributed by atoms with van der Waals surface area (Å²) in [7, 11) is 4.04. The second-order valence-corrected chi connectivity index (χ2v) is 5.91. The Kier molecular flexibility index (Phi) is 3.30. The minimum absolute atomic E-state index is 0.488. The van der Waals surface area contributed by atoms with E-state index >= 15 is 0 Å². The van der Waals surface area contributed by atoms with E-state index in [1.54, 1.807) is 6.92 Å². The van der Waals surface area contributed by atoms with Crippen LogP contribution in [0.4, 0.5) is 5.69 Å². The summed E-state index contributed by atoms with van der Waals surface area (Å²) in [5.41, 5.74) is 3.74. The van der Waals surface area contributed by atoms with Crippen LogP contribution < -0.4 is 4.90 Å². The van der Waals surface area contributed by atoms with E-state index in [1.165, 1.54) is 0 Å². The highest BCUT2D eigenvalue weighted by molar-refractivity contribution is 5.99. The van der Waals surface area contributed by atoms with Gasteiger partial charge in [-0.1, -0.05) is 18.2 Å². The molecule has 0 aliphatic carbocycles. The van der Waals surface area contributed by atoms with Crippen molar-refractivity contribution in [2.75, 3.05) is 19.0 Å². The first-order valence-electron chi connectivity index (χ1n) is 7.67. The van der Waals surface area contributed by atoms with Crippen molar-refractivity contribution in [1.82, 2.24) is 25.4 Å². The average Bonchev–Trinajstić information content (AvgIpc) is 2.59. The van der Waals surface area contributed by atoms with Gasteiger partial charge in [-0.2, -0.15) is 0 Å². The fraction of sp³-hybridized carbons (Fsp3) is 0.167. The number of benzene rings is 2. The SMILES string of the molecule is Cc1nnc(-c2cccc3cc4ccc(N(C)C)cc4nc23)nn1. The van der Waals surface area contributed by atoms with Crippen molar-refractivity contribution in [3.05, 3.63) is 48.3 Å². The maximum absolute atomic E-state index is 4.86. The van der Waals surface area contributed by atoms with E-state index in [1.807, 2.05) is 32.3 Å². The Labute approximate surface area is 139 Å². The number of para-hydroxylation sites is 1. The molecule has 0 fully saturated rings. The molecule has 24 heavy (non-hydrogen) atoms. The van der Waals surface area contributed by atoms with Gasteiger partial charge in [-0.15, -0.1) is 20.4 Å². The lowest BCUT2D eigenvalue weighted by Crippen LogP contribution is -2.08. The molecule has 0 bridgehead atoms. The summed E-state index contributed by atoms with van der Waals surface area (Å²) in [6.07, 6.45) is 0. The molecule has 6 nitrogen and oxygen atoms in total. The summed E-state index contributed by atoms with van der Waals surface area (Å²) in [5.74, 6) is 1.04. The molecule has 0 aliphatic heterocycles. The van der Waals surface area contributed by atoms with Crippen molar-refractivity contribution >= 4 is 27.5 Å². The van der Waals surface area contributed by atoms with Crippen LogP contribution in [0.25, 0.3) is 33.2 Å². The molecule has 0 spiro atoms. The molecule has 6 heteroatoms. The van der Waals surface area contributed by atoms with E-state index < -0.39 is 0 Å². The van der Waals surface area contributed by atoms with Crippen molar-refractivity contribution < 1.29 is 0 Å². The van der Waals surface area contributed by atoms with Crippen LogP contribution in [-0.4, -0.2) is 39.5 Å². The van der Waals surface area contributed by atoms with Gasteiger partial charge in [0.25, 0.3) is 0 Å². The van der Waals surface area contributed by atoms with Gasteiger partial charge in [0, 0.05) is 36.1 Å². The van der Waals surface area contributed by atoms with Crippen LogP contribution in [-0.2, 0) is 0 Å². The maximum atomic E-state index is 4.86. The van der Waals surface area contributed by atoms with Crippen molar-refractivity contribution in [3.8, 4) is 11.4 Å². The fourth-order valence-corrected chi connectivity index (χ4v) is 2.69. The first-order valence-corrected chi connectivity index (χ1v) is 7.67. The molecule has 4 rings (SSSR count). The third-order valence-corrected chi connectivity index (χ3v) is 3.96. The predicted octanol–water partition coefficient (Wildman–Crippen LogP) is 3.01. The molecule has 118 valence electrons. The summed E-state index contributed by atoms with van der Waals surface area (Å²) in [6.45, 7) is 1.77. The number of hydrogen-bond donors (Lipinski definition) is 0. The lowest BCUT2D eigenvalue weighted by Gasteiger charge is -2.13. The molecule has 0 unspecified atom stereocenters. The molecule has 0 radical (unpaired) electrons. The van der Waals surface area contributed by atoms with E-state index in [9.17, 15) is 0 Å². The van der Waals surface area contributed by atoms with Gasteiger partial charge >= 0.3 is 0 Å². The summed E-state index contributed by atoms with van der Waals surface area (Å²) in [6, 6.07) is 14.4. The highest BCUT2D eigenvalue weighted by atomic mass is 15.3. The zero-order valence-corrected chi connectivity index (χ0v) is 13.7. The van der Waals surface area contributed by atoms with E-state index in [-0.39, 0.29) is 0 Å². The Balaban J connectivity index is 1.99. The first-order chi connectivity index (χ1) is 11.6. The van der Waals surface area contributed by atoms with Crippen molar-refractivity contribution in [2.45, 2.75) is 6.92 Å². The number of rotatable bonds is 2. The Morgan fingerprint density at radius 2 is 1.62 bits per heavy atom. The van der Waals surface area contributed by atoms with Crippen LogP contribution >= 0.6 is 0 Å². The van der Waals surface area contributed by atoms with Crippen LogP contribution in [0.2, 0.25) is 0 Å². The molecule has 0 aliphatic rings. The topological polar surface area (TPSA) is 67.7 Å². The quantitative estimate of drug-likeness (QED) is 0.530. The Morgan fingerprint density at radius 1 is 0.833 bits per heavy atom. The molecule has 0 saturated heterocycles. The zero-order chi connectivity index (χ0) is 16.7. The first kappa shape index (κ1) is 14.4. The third-order valence-electron chi connectivity index (χ3n) is 3.96. The number of aromatic nitrogens is 5. The fourth-order valence-electron chi connectivity index (χ4n) is 2.69. The third kappa shape index (κ3) is 2.42. The molecule has 4 aromatic rings. The van der Waals surface area contributed by atoms with Gasteiger partial charge < -0.3 is 4.90 Å². The molecule has 2 aromatic carbocycles.